The van der Waals surface area contributed by atoms with E-state index in [-0.39, 0.29) is 17.3 Å². The molecular weight excluding hydrogens is 206 g/mol. The first kappa shape index (κ1) is 9.97. The van der Waals surface area contributed by atoms with E-state index < -0.39 is 16.6 Å². The van der Waals surface area contributed by atoms with Crippen molar-refractivity contribution in [1.29, 1.82) is 0 Å². The highest BCUT2D eigenvalue weighted by Gasteiger charge is 2.28. The van der Waals surface area contributed by atoms with Gasteiger partial charge in [-0.15, -0.1) is 0 Å². The Hall–Kier alpha value is -1.56. The molecule has 1 saturated heterocycles. The summed E-state index contributed by atoms with van der Waals surface area (Å²) in [5, 5.41) is 13.5. The van der Waals surface area contributed by atoms with E-state index in [1.54, 1.807) is 0 Å². The number of nitrogens with zero attached hydrogens (tertiary/aromatic N) is 1. The standard InChI is InChI=1S/C9H8F2N2O2/c10-6-3-5(8-1-2-12-8)9(13(14)15)4-7(6)11/h3-4,8,12H,1-2H2. The summed E-state index contributed by atoms with van der Waals surface area (Å²) >= 11 is 0. The summed E-state index contributed by atoms with van der Waals surface area (Å²) in [5.41, 5.74) is -0.156. The van der Waals surface area contributed by atoms with Crippen LogP contribution >= 0.6 is 0 Å². The Morgan fingerprint density at radius 1 is 1.40 bits per heavy atom. The summed E-state index contributed by atoms with van der Waals surface area (Å²) in [6, 6.07) is 1.29. The Morgan fingerprint density at radius 2 is 2.00 bits per heavy atom. The molecule has 2 rings (SSSR count). The molecule has 80 valence electrons. The van der Waals surface area contributed by atoms with Crippen LogP contribution in [0.4, 0.5) is 14.5 Å². The average molecular weight is 214 g/mol. The zero-order chi connectivity index (χ0) is 11.0. The topological polar surface area (TPSA) is 55.2 Å². The van der Waals surface area contributed by atoms with Crippen molar-refractivity contribution in [2.45, 2.75) is 12.5 Å². The van der Waals surface area contributed by atoms with Crippen LogP contribution in [-0.4, -0.2) is 11.5 Å². The van der Waals surface area contributed by atoms with Gasteiger partial charge >= 0.3 is 0 Å². The van der Waals surface area contributed by atoms with E-state index in [1.807, 2.05) is 0 Å². The molecule has 1 aromatic rings. The number of hydrogen-bond acceptors (Lipinski definition) is 3. The van der Waals surface area contributed by atoms with Crippen molar-refractivity contribution in [2.75, 3.05) is 6.54 Å². The van der Waals surface area contributed by atoms with Crippen LogP contribution in [0.1, 0.15) is 18.0 Å². The molecule has 0 amide bonds. The van der Waals surface area contributed by atoms with Crippen LogP contribution in [0.5, 0.6) is 0 Å². The smallest absolute Gasteiger partial charge is 0.277 e. The third kappa shape index (κ3) is 1.68. The molecular formula is C9H8F2N2O2. The Labute approximate surface area is 84.1 Å². The summed E-state index contributed by atoms with van der Waals surface area (Å²) in [6.07, 6.45) is 0.700. The Bertz CT molecular complexity index is 419. The summed E-state index contributed by atoms with van der Waals surface area (Å²) in [7, 11) is 0. The van der Waals surface area contributed by atoms with Gasteiger partial charge in [-0.25, -0.2) is 8.78 Å². The zero-order valence-corrected chi connectivity index (χ0v) is 7.67. The largest absolute Gasteiger partial charge is 0.310 e. The van der Waals surface area contributed by atoms with Crippen LogP contribution in [0, 0.1) is 21.7 Å². The second kappa shape index (κ2) is 3.54. The van der Waals surface area contributed by atoms with Gasteiger partial charge < -0.3 is 5.32 Å². The monoisotopic (exact) mass is 214 g/mol. The van der Waals surface area contributed by atoms with E-state index in [2.05, 4.69) is 5.32 Å². The maximum Gasteiger partial charge on any atom is 0.277 e. The number of halogens is 2. The van der Waals surface area contributed by atoms with Gasteiger partial charge in [0.15, 0.2) is 11.6 Å². The van der Waals surface area contributed by atoms with Crippen LogP contribution < -0.4 is 5.32 Å². The molecule has 0 radical (unpaired) electrons. The molecule has 1 aromatic carbocycles. The molecule has 15 heavy (non-hydrogen) atoms. The molecule has 1 aliphatic rings. The molecule has 0 saturated carbocycles. The van der Waals surface area contributed by atoms with Crippen molar-refractivity contribution in [1.82, 2.24) is 5.32 Å². The number of nitro benzene ring substituents is 1. The molecule has 0 bridgehead atoms. The fourth-order valence-corrected chi connectivity index (χ4v) is 1.54. The number of rotatable bonds is 2. The fraction of sp³-hybridized carbons (Fsp3) is 0.333. The zero-order valence-electron chi connectivity index (χ0n) is 7.67. The van der Waals surface area contributed by atoms with Gasteiger partial charge in [-0.3, -0.25) is 10.1 Å². The minimum atomic E-state index is -1.19. The summed E-state index contributed by atoms with van der Waals surface area (Å²) in [6.45, 7) is 0.737. The lowest BCUT2D eigenvalue weighted by Gasteiger charge is -2.27. The maximum atomic E-state index is 12.9. The number of benzene rings is 1. The summed E-state index contributed by atoms with van der Waals surface area (Å²) in [5.74, 6) is -2.24. The van der Waals surface area contributed by atoms with Gasteiger partial charge in [0.2, 0.25) is 0 Å². The summed E-state index contributed by atoms with van der Waals surface area (Å²) < 4.78 is 25.7. The van der Waals surface area contributed by atoms with Crippen LogP contribution in [0.3, 0.4) is 0 Å². The van der Waals surface area contributed by atoms with E-state index >= 15 is 0 Å². The Morgan fingerprint density at radius 3 is 2.47 bits per heavy atom. The second-order valence-corrected chi connectivity index (χ2v) is 3.38. The highest BCUT2D eigenvalue weighted by Crippen LogP contribution is 2.32. The molecule has 0 aliphatic carbocycles. The number of hydrogen-bond donors (Lipinski definition) is 1. The quantitative estimate of drug-likeness (QED) is 0.604. The van der Waals surface area contributed by atoms with Gasteiger partial charge in [-0.05, 0) is 19.0 Å². The molecule has 1 atom stereocenters. The first-order valence-corrected chi connectivity index (χ1v) is 4.46. The van der Waals surface area contributed by atoms with Crippen molar-refractivity contribution in [3.63, 3.8) is 0 Å². The van der Waals surface area contributed by atoms with Crippen molar-refractivity contribution < 1.29 is 13.7 Å². The van der Waals surface area contributed by atoms with E-state index in [0.29, 0.717) is 12.5 Å². The van der Waals surface area contributed by atoms with Crippen LogP contribution in [0.2, 0.25) is 0 Å². The molecule has 1 aliphatic heterocycles. The molecule has 0 aromatic heterocycles. The van der Waals surface area contributed by atoms with Gasteiger partial charge in [-0.2, -0.15) is 0 Å². The lowest BCUT2D eigenvalue weighted by molar-refractivity contribution is -0.386. The van der Waals surface area contributed by atoms with E-state index in [4.69, 9.17) is 0 Å². The highest BCUT2D eigenvalue weighted by molar-refractivity contribution is 5.43. The van der Waals surface area contributed by atoms with E-state index in [1.165, 1.54) is 0 Å². The molecule has 0 spiro atoms. The van der Waals surface area contributed by atoms with E-state index in [0.717, 1.165) is 12.6 Å². The van der Waals surface area contributed by atoms with Gasteiger partial charge in [0.05, 0.1) is 11.0 Å². The van der Waals surface area contributed by atoms with Crippen LogP contribution in [0.15, 0.2) is 12.1 Å². The number of nitrogens with one attached hydrogen (secondary N) is 1. The van der Waals surface area contributed by atoms with Gasteiger partial charge in [0.1, 0.15) is 0 Å². The second-order valence-electron chi connectivity index (χ2n) is 3.38. The van der Waals surface area contributed by atoms with E-state index in [9.17, 15) is 18.9 Å². The third-order valence-corrected chi connectivity index (χ3v) is 2.47. The minimum Gasteiger partial charge on any atom is -0.310 e. The maximum absolute atomic E-state index is 12.9. The van der Waals surface area contributed by atoms with Crippen molar-refractivity contribution >= 4 is 5.69 Å². The number of nitro groups is 1. The van der Waals surface area contributed by atoms with Crippen molar-refractivity contribution in [3.05, 3.63) is 39.4 Å². The minimum absolute atomic E-state index is 0.213. The van der Waals surface area contributed by atoms with Crippen LogP contribution in [-0.2, 0) is 0 Å². The lowest BCUT2D eigenvalue weighted by Crippen LogP contribution is -2.35. The molecule has 1 heterocycles. The predicted molar refractivity (Wildman–Crippen MR) is 48.4 cm³/mol. The fourth-order valence-electron chi connectivity index (χ4n) is 1.54. The van der Waals surface area contributed by atoms with Gasteiger partial charge in [0.25, 0.3) is 5.69 Å². The SMILES string of the molecule is O=[N+]([O-])c1cc(F)c(F)cc1C1CCN1. The summed E-state index contributed by atoms with van der Waals surface area (Å²) in [4.78, 5) is 9.92. The molecule has 1 N–H and O–H groups in total. The van der Waals surface area contributed by atoms with Gasteiger partial charge in [-0.1, -0.05) is 0 Å². The van der Waals surface area contributed by atoms with Gasteiger partial charge in [0, 0.05) is 11.6 Å². The first-order valence-electron chi connectivity index (χ1n) is 4.46. The lowest BCUT2D eigenvalue weighted by atomic mass is 9.96. The predicted octanol–water partition coefficient (Wildman–Crippen LogP) is 1.91. The van der Waals surface area contributed by atoms with Crippen molar-refractivity contribution in [3.8, 4) is 0 Å². The molecule has 1 unspecified atom stereocenters. The first-order chi connectivity index (χ1) is 7.09. The molecule has 6 heteroatoms. The third-order valence-electron chi connectivity index (χ3n) is 2.47. The normalized spacial score (nSPS) is 19.7. The average Bonchev–Trinajstić information content (AvgIpc) is 2.07. The van der Waals surface area contributed by atoms with Crippen LogP contribution in [0.25, 0.3) is 0 Å². The molecule has 4 nitrogen and oxygen atoms in total. The molecule has 1 fully saturated rings. The highest BCUT2D eigenvalue weighted by atomic mass is 19.2. The van der Waals surface area contributed by atoms with Crippen molar-refractivity contribution in [2.24, 2.45) is 0 Å². The Kier molecular flexibility index (Phi) is 2.36. The Balaban J connectivity index is 2.49.